The van der Waals surface area contributed by atoms with Crippen LogP contribution in [-0.2, 0) is 6.42 Å². The van der Waals surface area contributed by atoms with Gasteiger partial charge in [0.1, 0.15) is 11.4 Å². The van der Waals surface area contributed by atoms with E-state index in [-0.39, 0.29) is 11.6 Å². The third-order valence-electron chi connectivity index (χ3n) is 6.40. The molecule has 0 spiro atoms. The second kappa shape index (κ2) is 9.73. The molecule has 1 fully saturated rings. The first-order valence-corrected chi connectivity index (χ1v) is 11.5. The van der Waals surface area contributed by atoms with Crippen molar-refractivity contribution in [1.82, 2.24) is 15.5 Å². The van der Waals surface area contributed by atoms with Crippen molar-refractivity contribution in [2.75, 3.05) is 33.2 Å². The maximum Gasteiger partial charge on any atom is 0.191 e. The van der Waals surface area contributed by atoms with E-state index in [0.717, 1.165) is 44.2 Å². The topological polar surface area (TPSA) is 48.9 Å². The van der Waals surface area contributed by atoms with Crippen molar-refractivity contribution in [3.63, 3.8) is 0 Å². The molecule has 2 heterocycles. The summed E-state index contributed by atoms with van der Waals surface area (Å²) >= 11 is 0. The van der Waals surface area contributed by atoms with Crippen molar-refractivity contribution in [1.29, 1.82) is 0 Å². The normalized spacial score (nSPS) is 23.1. The Kier molecular flexibility index (Phi) is 6.81. The van der Waals surface area contributed by atoms with Crippen LogP contribution in [0.1, 0.15) is 43.9 Å². The molecule has 166 valence electrons. The predicted octanol–water partition coefficient (Wildman–Crippen LogP) is 4.02. The fourth-order valence-electron chi connectivity index (χ4n) is 4.75. The van der Waals surface area contributed by atoms with Crippen LogP contribution in [0.4, 0.5) is 0 Å². The van der Waals surface area contributed by atoms with Crippen LogP contribution in [0.15, 0.2) is 59.6 Å². The molecule has 2 aromatic carbocycles. The maximum atomic E-state index is 6.17. The average molecular weight is 421 g/mol. The highest BCUT2D eigenvalue weighted by Crippen LogP contribution is 2.39. The molecule has 2 N–H and O–H groups in total. The minimum Gasteiger partial charge on any atom is -0.487 e. The van der Waals surface area contributed by atoms with Crippen LogP contribution in [0, 0.1) is 5.92 Å². The molecule has 31 heavy (non-hydrogen) atoms. The average Bonchev–Trinajstić information content (AvgIpc) is 3.23. The summed E-state index contributed by atoms with van der Waals surface area (Å²) in [5.74, 6) is 2.50. The molecular weight excluding hydrogens is 384 g/mol. The molecular formula is C26H36N4O. The van der Waals surface area contributed by atoms with Gasteiger partial charge in [-0.1, -0.05) is 48.5 Å². The van der Waals surface area contributed by atoms with Gasteiger partial charge in [0.2, 0.25) is 0 Å². The van der Waals surface area contributed by atoms with Crippen LogP contribution < -0.4 is 15.4 Å². The Morgan fingerprint density at radius 2 is 1.90 bits per heavy atom. The summed E-state index contributed by atoms with van der Waals surface area (Å²) in [6, 6.07) is 19.3. The summed E-state index contributed by atoms with van der Waals surface area (Å²) in [6.45, 7) is 8.74. The largest absolute Gasteiger partial charge is 0.487 e. The number of nitrogens with zero attached hydrogens (tertiary/aromatic N) is 2. The molecule has 0 aliphatic carbocycles. The number of fused-ring (bicyclic) bond motifs is 1. The van der Waals surface area contributed by atoms with Crippen molar-refractivity contribution < 1.29 is 4.74 Å². The van der Waals surface area contributed by atoms with Gasteiger partial charge in [0.15, 0.2) is 5.96 Å². The van der Waals surface area contributed by atoms with E-state index in [1.807, 2.05) is 13.1 Å². The standard InChI is InChI=1S/C26H36N4O/c1-26(2)17-23(22-11-7-8-12-24(22)31-26)29-25(27-3)28-18-21-14-16-30(19-21)15-13-20-9-5-4-6-10-20/h4-12,21,23H,13-19H2,1-3H3,(H2,27,28,29). The van der Waals surface area contributed by atoms with Crippen molar-refractivity contribution in [2.24, 2.45) is 10.9 Å². The Morgan fingerprint density at radius 3 is 2.71 bits per heavy atom. The lowest BCUT2D eigenvalue weighted by Crippen LogP contribution is -2.46. The minimum atomic E-state index is -0.199. The maximum absolute atomic E-state index is 6.17. The number of likely N-dealkylation sites (tertiary alicyclic amines) is 1. The zero-order valence-electron chi connectivity index (χ0n) is 19.1. The van der Waals surface area contributed by atoms with Crippen LogP contribution in [-0.4, -0.2) is 49.7 Å². The van der Waals surface area contributed by atoms with Gasteiger partial charge in [-0.2, -0.15) is 0 Å². The fourth-order valence-corrected chi connectivity index (χ4v) is 4.75. The number of rotatable bonds is 6. The zero-order chi connectivity index (χ0) is 21.7. The van der Waals surface area contributed by atoms with E-state index < -0.39 is 0 Å². The molecule has 0 radical (unpaired) electrons. The van der Waals surface area contributed by atoms with Crippen LogP contribution in [0.5, 0.6) is 5.75 Å². The van der Waals surface area contributed by atoms with Crippen LogP contribution in [0.2, 0.25) is 0 Å². The van der Waals surface area contributed by atoms with Gasteiger partial charge in [0, 0.05) is 38.7 Å². The van der Waals surface area contributed by atoms with E-state index in [9.17, 15) is 0 Å². The summed E-state index contributed by atoms with van der Waals surface area (Å²) in [7, 11) is 1.85. The van der Waals surface area contributed by atoms with Gasteiger partial charge in [-0.15, -0.1) is 0 Å². The van der Waals surface area contributed by atoms with E-state index in [1.165, 1.54) is 24.1 Å². The summed E-state index contributed by atoms with van der Waals surface area (Å²) in [5, 5.41) is 7.23. The van der Waals surface area contributed by atoms with E-state index >= 15 is 0 Å². The first kappa shape index (κ1) is 21.7. The molecule has 0 bridgehead atoms. The first-order valence-electron chi connectivity index (χ1n) is 11.5. The lowest BCUT2D eigenvalue weighted by Gasteiger charge is -2.38. The summed E-state index contributed by atoms with van der Waals surface area (Å²) in [6.07, 6.45) is 3.27. The van der Waals surface area contributed by atoms with Crippen LogP contribution in [0.25, 0.3) is 0 Å². The molecule has 1 saturated heterocycles. The Labute approximate surface area is 186 Å². The number of para-hydroxylation sites is 1. The molecule has 0 aromatic heterocycles. The van der Waals surface area contributed by atoms with Crippen LogP contribution in [0.3, 0.4) is 0 Å². The van der Waals surface area contributed by atoms with Crippen molar-refractivity contribution in [2.45, 2.75) is 44.8 Å². The molecule has 5 heteroatoms. The van der Waals surface area contributed by atoms with Crippen molar-refractivity contribution in [3.05, 3.63) is 65.7 Å². The molecule has 2 aliphatic heterocycles. The number of hydrogen-bond acceptors (Lipinski definition) is 3. The van der Waals surface area contributed by atoms with Gasteiger partial charge >= 0.3 is 0 Å². The SMILES string of the molecule is CN=C(NCC1CCN(CCc2ccccc2)C1)NC1CC(C)(C)Oc2ccccc21. The third-order valence-corrected chi connectivity index (χ3v) is 6.40. The zero-order valence-corrected chi connectivity index (χ0v) is 19.1. The molecule has 0 saturated carbocycles. The van der Waals surface area contributed by atoms with E-state index in [2.05, 4.69) is 82.9 Å². The highest BCUT2D eigenvalue weighted by Gasteiger charge is 2.34. The monoisotopic (exact) mass is 420 g/mol. The van der Waals surface area contributed by atoms with Crippen LogP contribution >= 0.6 is 0 Å². The Balaban J connectivity index is 1.27. The van der Waals surface area contributed by atoms with Gasteiger partial charge in [-0.05, 0) is 50.8 Å². The molecule has 0 amide bonds. The first-order chi connectivity index (χ1) is 15.0. The quantitative estimate of drug-likeness (QED) is 0.547. The second-order valence-corrected chi connectivity index (χ2v) is 9.44. The number of nitrogens with one attached hydrogen (secondary N) is 2. The number of ether oxygens (including phenoxy) is 1. The third kappa shape index (κ3) is 5.79. The lowest BCUT2D eigenvalue weighted by molar-refractivity contribution is 0.0694. The van der Waals surface area contributed by atoms with E-state index in [0.29, 0.717) is 5.92 Å². The lowest BCUT2D eigenvalue weighted by atomic mass is 9.90. The molecule has 2 atom stereocenters. The molecule has 4 rings (SSSR count). The second-order valence-electron chi connectivity index (χ2n) is 9.44. The number of aliphatic imine (C=N–C) groups is 1. The smallest absolute Gasteiger partial charge is 0.191 e. The molecule has 2 aliphatic rings. The molecule has 2 aromatic rings. The molecule has 2 unspecified atom stereocenters. The van der Waals surface area contributed by atoms with E-state index in [1.54, 1.807) is 0 Å². The summed E-state index contributed by atoms with van der Waals surface area (Å²) in [5.41, 5.74) is 2.43. The predicted molar refractivity (Wildman–Crippen MR) is 128 cm³/mol. The molecule has 5 nitrogen and oxygen atoms in total. The Hall–Kier alpha value is -2.53. The fraction of sp³-hybridized carbons (Fsp3) is 0.500. The van der Waals surface area contributed by atoms with Crippen molar-refractivity contribution in [3.8, 4) is 5.75 Å². The van der Waals surface area contributed by atoms with Gasteiger partial charge < -0.3 is 20.3 Å². The van der Waals surface area contributed by atoms with Crippen molar-refractivity contribution >= 4 is 5.96 Å². The number of benzene rings is 2. The number of guanidine groups is 1. The number of hydrogen-bond donors (Lipinski definition) is 2. The summed E-state index contributed by atoms with van der Waals surface area (Å²) in [4.78, 5) is 7.09. The van der Waals surface area contributed by atoms with E-state index in [4.69, 9.17) is 4.74 Å². The Morgan fingerprint density at radius 1 is 1.13 bits per heavy atom. The minimum absolute atomic E-state index is 0.192. The van der Waals surface area contributed by atoms with Gasteiger partial charge in [0.05, 0.1) is 6.04 Å². The van der Waals surface area contributed by atoms with Gasteiger partial charge in [0.25, 0.3) is 0 Å². The highest BCUT2D eigenvalue weighted by atomic mass is 16.5. The van der Waals surface area contributed by atoms with Gasteiger partial charge in [-0.25, -0.2) is 0 Å². The Bertz CT molecular complexity index is 880. The van der Waals surface area contributed by atoms with Gasteiger partial charge in [-0.3, -0.25) is 4.99 Å². The summed E-state index contributed by atoms with van der Waals surface area (Å²) < 4.78 is 6.17. The highest BCUT2D eigenvalue weighted by molar-refractivity contribution is 5.80.